The Morgan fingerprint density at radius 2 is 2.20 bits per heavy atom. The van der Waals surface area contributed by atoms with Gasteiger partial charge in [-0.25, -0.2) is 4.79 Å². The Morgan fingerprint density at radius 1 is 1.50 bits per heavy atom. The molecule has 0 fully saturated rings. The Morgan fingerprint density at radius 3 is 2.85 bits per heavy atom. The fourth-order valence-electron chi connectivity index (χ4n) is 2.26. The zero-order valence-electron chi connectivity index (χ0n) is 10.7. The molecule has 0 unspecified atom stereocenters. The van der Waals surface area contributed by atoms with Crippen molar-refractivity contribution >= 4 is 29.3 Å². The fourth-order valence-corrected chi connectivity index (χ4v) is 2.61. The van der Waals surface area contributed by atoms with Crippen molar-refractivity contribution in [1.82, 2.24) is 5.32 Å². The van der Waals surface area contributed by atoms with Crippen molar-refractivity contribution in [3.63, 3.8) is 0 Å². The smallest absolute Gasteiger partial charge is 0.318 e. The van der Waals surface area contributed by atoms with Gasteiger partial charge in [-0.2, -0.15) is 0 Å². The van der Waals surface area contributed by atoms with Crippen molar-refractivity contribution in [3.8, 4) is 5.75 Å². The molecule has 20 heavy (non-hydrogen) atoms. The van der Waals surface area contributed by atoms with E-state index in [-0.39, 0.29) is 11.7 Å². The molecule has 0 saturated carbocycles. The molecule has 1 atom stereocenters. The van der Waals surface area contributed by atoms with Crippen LogP contribution in [0.1, 0.15) is 35.2 Å². The molecule has 0 aliphatic heterocycles. The van der Waals surface area contributed by atoms with Crippen LogP contribution < -0.4 is 15.8 Å². The number of amides is 3. The van der Waals surface area contributed by atoms with E-state index in [1.54, 1.807) is 6.07 Å². The molecule has 0 spiro atoms. The lowest BCUT2D eigenvalue weighted by Crippen LogP contribution is -2.38. The van der Waals surface area contributed by atoms with Gasteiger partial charge in [-0.1, -0.05) is 18.5 Å². The molecule has 1 aliphatic rings. The maximum absolute atomic E-state index is 12.0. The van der Waals surface area contributed by atoms with Gasteiger partial charge in [-0.3, -0.25) is 14.9 Å². The Bertz CT molecular complexity index is 600. The van der Waals surface area contributed by atoms with Gasteiger partial charge in [0.15, 0.2) is 12.4 Å². The van der Waals surface area contributed by atoms with E-state index in [1.807, 2.05) is 12.2 Å². The van der Waals surface area contributed by atoms with E-state index in [2.05, 4.69) is 0 Å². The number of nitrogens with two attached hydrogens (primary N) is 1. The van der Waals surface area contributed by atoms with Gasteiger partial charge in [-0.05, 0) is 23.6 Å². The van der Waals surface area contributed by atoms with Crippen LogP contribution in [0.3, 0.4) is 0 Å². The topological polar surface area (TPSA) is 98.5 Å². The van der Waals surface area contributed by atoms with Crippen molar-refractivity contribution in [3.05, 3.63) is 28.3 Å². The predicted octanol–water partition coefficient (Wildman–Crippen LogP) is 1.60. The first-order valence-electron chi connectivity index (χ1n) is 5.97. The van der Waals surface area contributed by atoms with Gasteiger partial charge >= 0.3 is 6.03 Å². The van der Waals surface area contributed by atoms with Gasteiger partial charge < -0.3 is 10.5 Å². The van der Waals surface area contributed by atoms with Crippen molar-refractivity contribution in [2.75, 3.05) is 6.61 Å². The van der Waals surface area contributed by atoms with Crippen molar-refractivity contribution in [1.29, 1.82) is 0 Å². The number of rotatable bonds is 3. The fraction of sp³-hybridized carbons (Fsp3) is 0.308. The molecule has 1 aromatic carbocycles. The number of halogens is 1. The van der Waals surface area contributed by atoms with Crippen molar-refractivity contribution < 1.29 is 19.1 Å². The SMILES string of the molecule is C[C@@H]1CC(=O)c2c(OCC(=O)NC(N)=O)ccc(Cl)c21. The molecule has 6 nitrogen and oxygen atoms in total. The second-order valence-corrected chi connectivity index (χ2v) is 4.97. The summed E-state index contributed by atoms with van der Waals surface area (Å²) in [7, 11) is 0. The zero-order chi connectivity index (χ0) is 14.9. The van der Waals surface area contributed by atoms with Crippen LogP contribution >= 0.6 is 11.6 Å². The average Bonchev–Trinajstić information content (AvgIpc) is 2.64. The quantitative estimate of drug-likeness (QED) is 0.885. The van der Waals surface area contributed by atoms with E-state index in [0.717, 1.165) is 5.56 Å². The second kappa shape index (κ2) is 5.50. The summed E-state index contributed by atoms with van der Waals surface area (Å²) in [4.78, 5) is 33.8. The standard InChI is InChI=1S/C13H13ClN2O4/c1-6-4-8(17)12-9(3-2-7(14)11(6)12)20-5-10(18)16-13(15)19/h2-3,6H,4-5H2,1H3,(H3,15,16,18,19)/t6-/m1/s1. The average molecular weight is 297 g/mol. The zero-order valence-corrected chi connectivity index (χ0v) is 11.5. The highest BCUT2D eigenvalue weighted by Gasteiger charge is 2.31. The van der Waals surface area contributed by atoms with Crippen LogP contribution in [0.15, 0.2) is 12.1 Å². The van der Waals surface area contributed by atoms with E-state index in [4.69, 9.17) is 22.1 Å². The number of imide groups is 1. The van der Waals surface area contributed by atoms with Gasteiger partial charge in [0.1, 0.15) is 5.75 Å². The largest absolute Gasteiger partial charge is 0.483 e. The third-order valence-electron chi connectivity index (χ3n) is 3.04. The number of benzene rings is 1. The van der Waals surface area contributed by atoms with Crippen molar-refractivity contribution in [2.45, 2.75) is 19.3 Å². The number of hydrogen-bond donors (Lipinski definition) is 2. The third kappa shape index (κ3) is 2.75. The molecule has 1 aromatic rings. The number of ether oxygens (including phenoxy) is 1. The van der Waals surface area contributed by atoms with Gasteiger partial charge in [0.2, 0.25) is 0 Å². The molecular weight excluding hydrogens is 284 g/mol. The number of primary amides is 1. The molecule has 0 saturated heterocycles. The normalized spacial score (nSPS) is 16.7. The number of ketones is 1. The molecule has 106 valence electrons. The molecule has 0 heterocycles. The maximum atomic E-state index is 12.0. The number of urea groups is 1. The minimum absolute atomic E-state index is 0.0213. The first-order valence-corrected chi connectivity index (χ1v) is 6.35. The molecule has 1 aliphatic carbocycles. The van der Waals surface area contributed by atoms with E-state index in [0.29, 0.717) is 22.8 Å². The minimum atomic E-state index is -0.954. The minimum Gasteiger partial charge on any atom is -0.483 e. The number of hydrogen-bond acceptors (Lipinski definition) is 4. The summed E-state index contributed by atoms with van der Waals surface area (Å²) in [5.41, 5.74) is 5.97. The lowest BCUT2D eigenvalue weighted by atomic mass is 10.0. The Hall–Kier alpha value is -2.08. The summed E-state index contributed by atoms with van der Waals surface area (Å²) in [6.07, 6.45) is 0.364. The molecule has 3 N–H and O–H groups in total. The second-order valence-electron chi connectivity index (χ2n) is 4.56. The summed E-state index contributed by atoms with van der Waals surface area (Å²) >= 11 is 6.09. The first kappa shape index (κ1) is 14.3. The first-order chi connectivity index (χ1) is 9.40. The van der Waals surface area contributed by atoms with Crippen LogP contribution in [0.4, 0.5) is 4.79 Å². The van der Waals surface area contributed by atoms with Gasteiger partial charge in [0.05, 0.1) is 5.56 Å². The number of carbonyl (C=O) groups is 3. The molecule has 7 heteroatoms. The monoisotopic (exact) mass is 296 g/mol. The highest BCUT2D eigenvalue weighted by atomic mass is 35.5. The summed E-state index contributed by atoms with van der Waals surface area (Å²) in [5, 5.41) is 2.38. The third-order valence-corrected chi connectivity index (χ3v) is 3.37. The highest BCUT2D eigenvalue weighted by molar-refractivity contribution is 6.32. The Balaban J connectivity index is 2.20. The Labute approximate surface area is 120 Å². The molecule has 0 bridgehead atoms. The predicted molar refractivity (Wildman–Crippen MR) is 72.0 cm³/mol. The van der Waals surface area contributed by atoms with Crippen LogP contribution in [0.25, 0.3) is 0 Å². The Kier molecular flexibility index (Phi) is 3.94. The maximum Gasteiger partial charge on any atom is 0.318 e. The van der Waals surface area contributed by atoms with Gasteiger partial charge in [0.25, 0.3) is 5.91 Å². The summed E-state index contributed by atoms with van der Waals surface area (Å²) in [6.45, 7) is 1.50. The molecular formula is C13H13ClN2O4. The van der Waals surface area contributed by atoms with Crippen LogP contribution in [-0.4, -0.2) is 24.3 Å². The lowest BCUT2D eigenvalue weighted by molar-refractivity contribution is -0.121. The van der Waals surface area contributed by atoms with E-state index in [9.17, 15) is 14.4 Å². The molecule has 0 aromatic heterocycles. The van der Waals surface area contributed by atoms with Crippen LogP contribution in [0.5, 0.6) is 5.75 Å². The van der Waals surface area contributed by atoms with Crippen LogP contribution in [0.2, 0.25) is 5.02 Å². The molecule has 0 radical (unpaired) electrons. The number of fused-ring (bicyclic) bond motifs is 1. The van der Waals surface area contributed by atoms with E-state index < -0.39 is 18.5 Å². The lowest BCUT2D eigenvalue weighted by Gasteiger charge is -2.11. The van der Waals surface area contributed by atoms with Crippen molar-refractivity contribution in [2.24, 2.45) is 5.73 Å². The number of carbonyl (C=O) groups excluding carboxylic acids is 3. The summed E-state index contributed by atoms with van der Waals surface area (Å²) in [5.74, 6) is -0.439. The van der Waals surface area contributed by atoms with E-state index >= 15 is 0 Å². The van der Waals surface area contributed by atoms with Crippen LogP contribution in [-0.2, 0) is 4.79 Å². The van der Waals surface area contributed by atoms with Crippen LogP contribution in [0, 0.1) is 0 Å². The molecule has 2 rings (SSSR count). The number of Topliss-reactive ketones (excluding diaryl/α,β-unsaturated/α-hetero) is 1. The molecule has 3 amide bonds. The highest BCUT2D eigenvalue weighted by Crippen LogP contribution is 2.42. The van der Waals surface area contributed by atoms with Gasteiger partial charge in [0, 0.05) is 11.4 Å². The summed E-state index contributed by atoms with van der Waals surface area (Å²) < 4.78 is 5.29. The summed E-state index contributed by atoms with van der Waals surface area (Å²) in [6, 6.07) is 2.20. The van der Waals surface area contributed by atoms with E-state index in [1.165, 1.54) is 6.07 Å². The number of nitrogens with one attached hydrogen (secondary N) is 1. The van der Waals surface area contributed by atoms with Gasteiger partial charge in [-0.15, -0.1) is 0 Å².